The van der Waals surface area contributed by atoms with Gasteiger partial charge in [0.1, 0.15) is 11.8 Å². The van der Waals surface area contributed by atoms with Crippen LogP contribution in [0.2, 0.25) is 0 Å². The number of para-hydroxylation sites is 1. The fourth-order valence-electron chi connectivity index (χ4n) is 1.99. The topological polar surface area (TPSA) is 75.6 Å². The molecular weight excluding hydrogens is 234 g/mol. The number of benzene rings is 1. The minimum Gasteiger partial charge on any atom is -0.493 e. The first-order valence-electron chi connectivity index (χ1n) is 5.84. The molecule has 0 saturated heterocycles. The SMILES string of the molecule is C[C@H](NC(=O)C1CCOc2ccccc21)C(=O)O. The summed E-state index contributed by atoms with van der Waals surface area (Å²) >= 11 is 0. The van der Waals surface area contributed by atoms with Crippen molar-refractivity contribution in [1.29, 1.82) is 0 Å². The van der Waals surface area contributed by atoms with Crippen LogP contribution in [0.4, 0.5) is 0 Å². The molecule has 0 aliphatic carbocycles. The second kappa shape index (κ2) is 5.08. The van der Waals surface area contributed by atoms with Gasteiger partial charge in [0.15, 0.2) is 0 Å². The maximum Gasteiger partial charge on any atom is 0.325 e. The Kier molecular flexibility index (Phi) is 3.50. The molecule has 2 atom stereocenters. The van der Waals surface area contributed by atoms with E-state index in [4.69, 9.17) is 9.84 Å². The zero-order valence-corrected chi connectivity index (χ0v) is 10.1. The third-order valence-electron chi connectivity index (χ3n) is 3.00. The van der Waals surface area contributed by atoms with Gasteiger partial charge in [-0.05, 0) is 19.4 Å². The lowest BCUT2D eigenvalue weighted by atomic mass is 9.92. The standard InChI is InChI=1S/C13H15NO4/c1-8(13(16)17)14-12(15)10-6-7-18-11-5-3-2-4-9(10)11/h2-5,8,10H,6-7H2,1H3,(H,14,15)(H,16,17)/t8-,10?/m0/s1. The molecule has 18 heavy (non-hydrogen) atoms. The minimum absolute atomic E-state index is 0.263. The summed E-state index contributed by atoms with van der Waals surface area (Å²) < 4.78 is 5.46. The number of carbonyl (C=O) groups excluding carboxylic acids is 1. The molecule has 0 saturated carbocycles. The lowest BCUT2D eigenvalue weighted by molar-refractivity contribution is -0.141. The number of hydrogen-bond acceptors (Lipinski definition) is 3. The van der Waals surface area contributed by atoms with E-state index in [-0.39, 0.29) is 11.8 Å². The average Bonchev–Trinajstić information content (AvgIpc) is 2.37. The molecule has 1 aromatic carbocycles. The number of carbonyl (C=O) groups is 2. The Morgan fingerprint density at radius 2 is 2.17 bits per heavy atom. The molecule has 0 aromatic heterocycles. The van der Waals surface area contributed by atoms with Gasteiger partial charge in [0.2, 0.25) is 5.91 Å². The Balaban J connectivity index is 2.15. The smallest absolute Gasteiger partial charge is 0.325 e. The molecule has 1 heterocycles. The normalized spacial score (nSPS) is 19.3. The van der Waals surface area contributed by atoms with E-state index in [0.29, 0.717) is 18.8 Å². The summed E-state index contributed by atoms with van der Waals surface area (Å²) in [5, 5.41) is 11.3. The van der Waals surface area contributed by atoms with Crippen LogP contribution in [0.1, 0.15) is 24.8 Å². The number of aliphatic carboxylic acids is 1. The predicted molar refractivity (Wildman–Crippen MR) is 64.5 cm³/mol. The van der Waals surface area contributed by atoms with Crippen LogP contribution in [0.25, 0.3) is 0 Å². The summed E-state index contributed by atoms with van der Waals surface area (Å²) in [6.07, 6.45) is 0.565. The van der Waals surface area contributed by atoms with E-state index in [2.05, 4.69) is 5.32 Å². The predicted octanol–water partition coefficient (Wildman–Crippen LogP) is 1.14. The summed E-state index contributed by atoms with van der Waals surface area (Å²) in [5.41, 5.74) is 0.818. The van der Waals surface area contributed by atoms with E-state index >= 15 is 0 Å². The Morgan fingerprint density at radius 3 is 2.89 bits per heavy atom. The van der Waals surface area contributed by atoms with Gasteiger partial charge < -0.3 is 15.2 Å². The van der Waals surface area contributed by atoms with Crippen molar-refractivity contribution in [2.45, 2.75) is 25.3 Å². The molecule has 0 bridgehead atoms. The van der Waals surface area contributed by atoms with Gasteiger partial charge in [-0.25, -0.2) is 0 Å². The monoisotopic (exact) mass is 249 g/mol. The Hall–Kier alpha value is -2.04. The maximum absolute atomic E-state index is 12.0. The summed E-state index contributed by atoms with van der Waals surface area (Å²) in [6.45, 7) is 1.92. The van der Waals surface area contributed by atoms with E-state index in [9.17, 15) is 9.59 Å². The highest BCUT2D eigenvalue weighted by atomic mass is 16.5. The average molecular weight is 249 g/mol. The molecular formula is C13H15NO4. The summed E-state index contributed by atoms with van der Waals surface area (Å²) in [4.78, 5) is 22.8. The number of fused-ring (bicyclic) bond motifs is 1. The molecule has 0 spiro atoms. The first-order valence-corrected chi connectivity index (χ1v) is 5.84. The van der Waals surface area contributed by atoms with Gasteiger partial charge in [-0.15, -0.1) is 0 Å². The third-order valence-corrected chi connectivity index (χ3v) is 3.00. The third kappa shape index (κ3) is 2.45. The van der Waals surface area contributed by atoms with Gasteiger partial charge in [0.25, 0.3) is 0 Å². The van der Waals surface area contributed by atoms with Gasteiger partial charge in [-0.1, -0.05) is 18.2 Å². The number of amides is 1. The van der Waals surface area contributed by atoms with Crippen molar-refractivity contribution in [2.75, 3.05) is 6.61 Å². The minimum atomic E-state index is -1.04. The summed E-state index contributed by atoms with van der Waals surface area (Å²) in [6, 6.07) is 6.46. The van der Waals surface area contributed by atoms with Crippen LogP contribution in [0, 0.1) is 0 Å². The van der Waals surface area contributed by atoms with Crippen LogP contribution in [0.5, 0.6) is 5.75 Å². The number of carboxylic acid groups (broad SMARTS) is 1. The van der Waals surface area contributed by atoms with Crippen molar-refractivity contribution in [1.82, 2.24) is 5.32 Å². The van der Waals surface area contributed by atoms with Gasteiger partial charge in [-0.3, -0.25) is 9.59 Å². The molecule has 5 heteroatoms. The van der Waals surface area contributed by atoms with E-state index in [0.717, 1.165) is 5.56 Å². The van der Waals surface area contributed by atoms with Crippen molar-refractivity contribution < 1.29 is 19.4 Å². The Labute approximate surface area is 105 Å². The van der Waals surface area contributed by atoms with Crippen molar-refractivity contribution in [3.63, 3.8) is 0 Å². The highest BCUT2D eigenvalue weighted by Gasteiger charge is 2.29. The molecule has 96 valence electrons. The van der Waals surface area contributed by atoms with Crippen LogP contribution in [-0.2, 0) is 9.59 Å². The zero-order valence-electron chi connectivity index (χ0n) is 10.1. The van der Waals surface area contributed by atoms with Crippen LogP contribution in [-0.4, -0.2) is 29.6 Å². The quantitative estimate of drug-likeness (QED) is 0.842. The molecule has 1 unspecified atom stereocenters. The Morgan fingerprint density at radius 1 is 1.44 bits per heavy atom. The second-order valence-corrected chi connectivity index (χ2v) is 4.30. The van der Waals surface area contributed by atoms with Crippen LogP contribution < -0.4 is 10.1 Å². The number of hydrogen-bond donors (Lipinski definition) is 2. The van der Waals surface area contributed by atoms with Crippen molar-refractivity contribution in [3.05, 3.63) is 29.8 Å². The van der Waals surface area contributed by atoms with Crippen LogP contribution in [0.3, 0.4) is 0 Å². The van der Waals surface area contributed by atoms with E-state index in [1.54, 1.807) is 0 Å². The van der Waals surface area contributed by atoms with Crippen LogP contribution in [0.15, 0.2) is 24.3 Å². The lowest BCUT2D eigenvalue weighted by Gasteiger charge is -2.25. The fraction of sp³-hybridized carbons (Fsp3) is 0.385. The molecule has 0 fully saturated rings. The molecule has 2 N–H and O–H groups in total. The van der Waals surface area contributed by atoms with Crippen LogP contribution >= 0.6 is 0 Å². The highest BCUT2D eigenvalue weighted by molar-refractivity contribution is 5.88. The number of nitrogens with one attached hydrogen (secondary N) is 1. The molecule has 0 radical (unpaired) electrons. The highest BCUT2D eigenvalue weighted by Crippen LogP contribution is 2.33. The fourth-order valence-corrected chi connectivity index (χ4v) is 1.99. The van der Waals surface area contributed by atoms with Gasteiger partial charge in [-0.2, -0.15) is 0 Å². The summed E-state index contributed by atoms with van der Waals surface area (Å²) in [7, 11) is 0. The second-order valence-electron chi connectivity index (χ2n) is 4.30. The molecule has 1 aliphatic rings. The van der Waals surface area contributed by atoms with Gasteiger partial charge >= 0.3 is 5.97 Å². The number of ether oxygens (including phenoxy) is 1. The number of rotatable bonds is 3. The molecule has 1 aliphatic heterocycles. The number of carboxylic acids is 1. The maximum atomic E-state index is 12.0. The van der Waals surface area contributed by atoms with Crippen molar-refractivity contribution in [3.8, 4) is 5.75 Å². The Bertz CT molecular complexity index is 472. The lowest BCUT2D eigenvalue weighted by Crippen LogP contribution is -2.42. The van der Waals surface area contributed by atoms with E-state index < -0.39 is 12.0 Å². The largest absolute Gasteiger partial charge is 0.493 e. The molecule has 1 amide bonds. The first kappa shape index (κ1) is 12.4. The molecule has 2 rings (SSSR count). The molecule has 5 nitrogen and oxygen atoms in total. The van der Waals surface area contributed by atoms with E-state index in [1.165, 1.54) is 6.92 Å². The van der Waals surface area contributed by atoms with E-state index in [1.807, 2.05) is 24.3 Å². The zero-order chi connectivity index (χ0) is 13.1. The van der Waals surface area contributed by atoms with Crippen molar-refractivity contribution >= 4 is 11.9 Å². The summed E-state index contributed by atoms with van der Waals surface area (Å²) in [5.74, 6) is -0.937. The van der Waals surface area contributed by atoms with Gasteiger partial charge in [0, 0.05) is 5.56 Å². The van der Waals surface area contributed by atoms with Gasteiger partial charge in [0.05, 0.1) is 12.5 Å². The van der Waals surface area contributed by atoms with Crippen molar-refractivity contribution in [2.24, 2.45) is 0 Å². The first-order chi connectivity index (χ1) is 8.59. The molecule has 1 aromatic rings.